The smallest absolute Gasteiger partial charge is 0.237 e. The normalized spacial score (nSPS) is 26.3. The fourth-order valence-corrected chi connectivity index (χ4v) is 5.49. The molecule has 0 unspecified atom stereocenters. The van der Waals surface area contributed by atoms with Crippen molar-refractivity contribution >= 4 is 22.6 Å². The quantitative estimate of drug-likeness (QED) is 0.713. The number of para-hydroxylation sites is 2. The number of benzene rings is 2. The van der Waals surface area contributed by atoms with Gasteiger partial charge >= 0.3 is 0 Å². The summed E-state index contributed by atoms with van der Waals surface area (Å²) in [5.41, 5.74) is 3.08. The molecule has 1 heterocycles. The highest BCUT2D eigenvalue weighted by Gasteiger charge is 2.73. The first kappa shape index (κ1) is 18.1. The molecule has 148 valence electrons. The molecule has 2 atom stereocenters. The van der Waals surface area contributed by atoms with E-state index in [9.17, 15) is 4.79 Å². The van der Waals surface area contributed by atoms with Gasteiger partial charge in [0.1, 0.15) is 5.75 Å². The van der Waals surface area contributed by atoms with Crippen LogP contribution in [0.4, 0.5) is 5.69 Å². The van der Waals surface area contributed by atoms with Crippen molar-refractivity contribution in [3.63, 3.8) is 0 Å². The number of amides is 1. The molecule has 3 aromatic rings. The number of methoxy groups -OCH3 is 1. The Kier molecular flexibility index (Phi) is 3.61. The summed E-state index contributed by atoms with van der Waals surface area (Å²) in [5, 5.41) is 3.15. The molecule has 5 rings (SSSR count). The van der Waals surface area contributed by atoms with Gasteiger partial charge in [-0.15, -0.1) is 0 Å². The van der Waals surface area contributed by atoms with Gasteiger partial charge in [-0.2, -0.15) is 0 Å². The van der Waals surface area contributed by atoms with E-state index < -0.39 is 5.41 Å². The van der Waals surface area contributed by atoms with E-state index >= 15 is 0 Å². The van der Waals surface area contributed by atoms with Crippen molar-refractivity contribution in [2.45, 2.75) is 44.4 Å². The summed E-state index contributed by atoms with van der Waals surface area (Å²) in [6.45, 7) is 6.63. The Labute approximate surface area is 170 Å². The fraction of sp³-hybridized carbons (Fsp3) is 0.375. The lowest BCUT2D eigenvalue weighted by molar-refractivity contribution is -0.125. The van der Waals surface area contributed by atoms with Crippen molar-refractivity contribution in [1.29, 1.82) is 0 Å². The summed E-state index contributed by atoms with van der Waals surface area (Å²) in [6.07, 6.45) is 1.69. The van der Waals surface area contributed by atoms with Crippen molar-refractivity contribution in [1.82, 2.24) is 9.97 Å². The van der Waals surface area contributed by atoms with Gasteiger partial charge in [0.2, 0.25) is 5.91 Å². The molecule has 1 fully saturated rings. The second-order valence-electron chi connectivity index (χ2n) is 8.96. The van der Waals surface area contributed by atoms with Gasteiger partial charge in [0.05, 0.1) is 34.9 Å². The van der Waals surface area contributed by atoms with Crippen LogP contribution in [0.1, 0.15) is 45.0 Å². The molecule has 5 heteroatoms. The molecular formula is C24H25N3O2. The van der Waals surface area contributed by atoms with Gasteiger partial charge in [0.15, 0.2) is 0 Å². The Bertz CT molecular complexity index is 1160. The van der Waals surface area contributed by atoms with Crippen LogP contribution in [0.3, 0.4) is 0 Å². The lowest BCUT2D eigenvalue weighted by atomic mass is 9.63. The zero-order valence-corrected chi connectivity index (χ0v) is 17.2. The first-order valence-electron chi connectivity index (χ1n) is 10.1. The fourth-order valence-electron chi connectivity index (χ4n) is 5.49. The van der Waals surface area contributed by atoms with Gasteiger partial charge in [-0.3, -0.25) is 4.79 Å². The van der Waals surface area contributed by atoms with Crippen molar-refractivity contribution in [2.75, 3.05) is 12.4 Å². The largest absolute Gasteiger partial charge is 0.497 e. The van der Waals surface area contributed by atoms with Gasteiger partial charge in [0, 0.05) is 17.2 Å². The number of aromatic nitrogens is 2. The Morgan fingerprint density at radius 3 is 2.34 bits per heavy atom. The maximum Gasteiger partial charge on any atom is 0.237 e. The first-order chi connectivity index (χ1) is 13.8. The van der Waals surface area contributed by atoms with Gasteiger partial charge in [-0.25, -0.2) is 9.97 Å². The summed E-state index contributed by atoms with van der Waals surface area (Å²) in [5.74, 6) is 0.705. The van der Waals surface area contributed by atoms with Crippen LogP contribution in [-0.2, 0) is 15.6 Å². The number of hydrogen-bond donors (Lipinski definition) is 1. The molecule has 2 bridgehead atoms. The Morgan fingerprint density at radius 1 is 0.966 bits per heavy atom. The molecule has 2 aliphatic rings. The summed E-state index contributed by atoms with van der Waals surface area (Å²) < 4.78 is 5.31. The summed E-state index contributed by atoms with van der Waals surface area (Å²) in [4.78, 5) is 23.8. The van der Waals surface area contributed by atoms with Crippen LogP contribution < -0.4 is 10.1 Å². The lowest BCUT2D eigenvalue weighted by Gasteiger charge is -2.39. The van der Waals surface area contributed by atoms with E-state index in [0.717, 1.165) is 41.0 Å². The maximum atomic E-state index is 13.8. The highest BCUT2D eigenvalue weighted by Crippen LogP contribution is 2.70. The Hall–Kier alpha value is -2.95. The standard InChI is InChI=1S/C24H25N3O2/c1-22(2)23(3)12-13-24(22,21(28)25-15-8-7-9-16(14-15)29-4)20-19(23)26-17-10-5-6-11-18(17)27-20/h5-11,14H,12-13H2,1-4H3,(H,25,28)/t23-,24-/m1/s1. The third kappa shape index (κ3) is 2.13. The van der Waals surface area contributed by atoms with E-state index in [1.165, 1.54) is 0 Å². The van der Waals surface area contributed by atoms with Gasteiger partial charge in [-0.05, 0) is 42.5 Å². The average Bonchev–Trinajstić information content (AvgIpc) is 3.02. The molecule has 29 heavy (non-hydrogen) atoms. The highest BCUT2D eigenvalue weighted by atomic mass is 16.5. The number of nitrogens with one attached hydrogen (secondary N) is 1. The van der Waals surface area contributed by atoms with Crippen molar-refractivity contribution < 1.29 is 9.53 Å². The van der Waals surface area contributed by atoms with E-state index in [0.29, 0.717) is 5.75 Å². The molecular weight excluding hydrogens is 362 g/mol. The van der Waals surface area contributed by atoms with Crippen LogP contribution in [-0.4, -0.2) is 23.0 Å². The third-order valence-electron chi connectivity index (χ3n) is 7.66. The number of fused-ring (bicyclic) bond motifs is 6. The Balaban J connectivity index is 1.67. The van der Waals surface area contributed by atoms with Crippen LogP contribution >= 0.6 is 0 Å². The molecule has 0 radical (unpaired) electrons. The van der Waals surface area contributed by atoms with E-state index in [2.05, 4.69) is 26.1 Å². The minimum atomic E-state index is -0.711. The van der Waals surface area contributed by atoms with E-state index in [4.69, 9.17) is 14.7 Å². The monoisotopic (exact) mass is 387 g/mol. The average molecular weight is 387 g/mol. The zero-order chi connectivity index (χ0) is 20.4. The SMILES string of the molecule is COc1cccc(NC(=O)[C@@]23CC[C@](C)(c4nc5ccccc5nc42)C3(C)C)c1. The van der Waals surface area contributed by atoms with Crippen LogP contribution in [0.5, 0.6) is 5.75 Å². The molecule has 1 N–H and O–H groups in total. The number of hydrogen-bond acceptors (Lipinski definition) is 4. The molecule has 1 amide bonds. The molecule has 2 aliphatic carbocycles. The number of carbonyl (C=O) groups is 1. The minimum absolute atomic E-state index is 0.0113. The topological polar surface area (TPSA) is 64.1 Å². The predicted molar refractivity (Wildman–Crippen MR) is 113 cm³/mol. The molecule has 5 nitrogen and oxygen atoms in total. The molecule has 2 aromatic carbocycles. The number of ether oxygens (including phenoxy) is 1. The van der Waals surface area contributed by atoms with Crippen molar-refractivity contribution in [3.05, 3.63) is 59.9 Å². The molecule has 1 aromatic heterocycles. The molecule has 0 spiro atoms. The number of carbonyl (C=O) groups excluding carboxylic acids is 1. The first-order valence-corrected chi connectivity index (χ1v) is 10.1. The molecule has 1 saturated carbocycles. The van der Waals surface area contributed by atoms with Crippen LogP contribution in [0.15, 0.2) is 48.5 Å². The van der Waals surface area contributed by atoms with Crippen LogP contribution in [0, 0.1) is 5.41 Å². The van der Waals surface area contributed by atoms with Crippen LogP contribution in [0.2, 0.25) is 0 Å². The molecule has 0 saturated heterocycles. The lowest BCUT2D eigenvalue weighted by Crippen LogP contribution is -2.48. The number of anilines is 1. The van der Waals surface area contributed by atoms with Crippen LogP contribution in [0.25, 0.3) is 11.0 Å². The number of nitrogens with zero attached hydrogens (tertiary/aromatic N) is 2. The van der Waals surface area contributed by atoms with Crippen molar-refractivity contribution in [3.8, 4) is 5.75 Å². The zero-order valence-electron chi connectivity index (χ0n) is 17.2. The summed E-state index contributed by atoms with van der Waals surface area (Å²) in [6, 6.07) is 15.4. The van der Waals surface area contributed by atoms with Gasteiger partial charge in [0.25, 0.3) is 0 Å². The summed E-state index contributed by atoms with van der Waals surface area (Å²) in [7, 11) is 1.62. The second kappa shape index (κ2) is 5.78. The minimum Gasteiger partial charge on any atom is -0.497 e. The second-order valence-corrected chi connectivity index (χ2v) is 8.96. The van der Waals surface area contributed by atoms with E-state index in [1.807, 2.05) is 48.5 Å². The number of rotatable bonds is 3. The Morgan fingerprint density at radius 2 is 1.66 bits per heavy atom. The third-order valence-corrected chi connectivity index (χ3v) is 7.66. The highest BCUT2D eigenvalue weighted by molar-refractivity contribution is 6.02. The maximum absolute atomic E-state index is 13.8. The van der Waals surface area contributed by atoms with Gasteiger partial charge < -0.3 is 10.1 Å². The summed E-state index contributed by atoms with van der Waals surface area (Å²) >= 11 is 0. The van der Waals surface area contributed by atoms with Crippen molar-refractivity contribution in [2.24, 2.45) is 5.41 Å². The molecule has 0 aliphatic heterocycles. The van der Waals surface area contributed by atoms with E-state index in [-0.39, 0.29) is 16.7 Å². The predicted octanol–water partition coefficient (Wildman–Crippen LogP) is 4.61. The van der Waals surface area contributed by atoms with E-state index in [1.54, 1.807) is 7.11 Å². The van der Waals surface area contributed by atoms with Gasteiger partial charge in [-0.1, -0.05) is 39.0 Å².